The van der Waals surface area contributed by atoms with Gasteiger partial charge in [-0.15, -0.1) is 0 Å². The van der Waals surface area contributed by atoms with Gasteiger partial charge in [-0.3, -0.25) is 0 Å². The van der Waals surface area contributed by atoms with Gasteiger partial charge in [0.15, 0.2) is 0 Å². The summed E-state index contributed by atoms with van der Waals surface area (Å²) in [5.74, 6) is 0.880. The number of hydrogen-bond acceptors (Lipinski definition) is 2. The third-order valence-electron chi connectivity index (χ3n) is 2.60. The van der Waals surface area contributed by atoms with Gasteiger partial charge in [0, 0.05) is 11.4 Å². The molecule has 2 nitrogen and oxygen atoms in total. The van der Waals surface area contributed by atoms with Crippen LogP contribution in [0.1, 0.15) is 12.0 Å². The summed E-state index contributed by atoms with van der Waals surface area (Å²) in [6, 6.07) is 8.05. The minimum Gasteiger partial charge on any atom is -0.497 e. The van der Waals surface area contributed by atoms with Crippen molar-refractivity contribution in [3.63, 3.8) is 0 Å². The molecule has 16 heavy (non-hydrogen) atoms. The van der Waals surface area contributed by atoms with Crippen molar-refractivity contribution in [2.75, 3.05) is 7.11 Å². The summed E-state index contributed by atoms with van der Waals surface area (Å²) in [6.45, 7) is 4.02. The molecule has 0 radical (unpaired) electrons. The lowest BCUT2D eigenvalue weighted by atomic mass is 10.1. The van der Waals surface area contributed by atoms with Gasteiger partial charge >= 0.3 is 0 Å². The third-order valence-corrected chi connectivity index (χ3v) is 3.86. The van der Waals surface area contributed by atoms with Crippen LogP contribution in [0.2, 0.25) is 0 Å². The van der Waals surface area contributed by atoms with Crippen LogP contribution in [0.25, 0.3) is 5.70 Å². The molecule has 1 aliphatic heterocycles. The molecular formula is C13H14INO. The number of halogens is 1. The van der Waals surface area contributed by atoms with Crippen LogP contribution in [0.15, 0.2) is 42.6 Å². The molecule has 0 aromatic heterocycles. The van der Waals surface area contributed by atoms with Gasteiger partial charge in [0.1, 0.15) is 5.75 Å². The Balaban J connectivity index is 2.21. The minimum absolute atomic E-state index is 0.486. The van der Waals surface area contributed by atoms with E-state index in [0.717, 1.165) is 23.6 Å². The molecule has 1 aromatic rings. The van der Waals surface area contributed by atoms with Crippen LogP contribution >= 0.6 is 22.6 Å². The van der Waals surface area contributed by atoms with Gasteiger partial charge in [-0.2, -0.15) is 0 Å². The Morgan fingerprint density at radius 3 is 2.62 bits per heavy atom. The Labute approximate surface area is 110 Å². The van der Waals surface area contributed by atoms with Gasteiger partial charge < -0.3 is 10.1 Å². The first-order valence-electron chi connectivity index (χ1n) is 5.15. The molecule has 1 atom stereocenters. The van der Waals surface area contributed by atoms with E-state index in [-0.39, 0.29) is 0 Å². The van der Waals surface area contributed by atoms with E-state index >= 15 is 0 Å². The molecule has 0 amide bonds. The largest absolute Gasteiger partial charge is 0.497 e. The highest BCUT2D eigenvalue weighted by Gasteiger charge is 2.15. The van der Waals surface area contributed by atoms with E-state index < -0.39 is 0 Å². The van der Waals surface area contributed by atoms with Crippen molar-refractivity contribution in [3.05, 3.63) is 48.2 Å². The summed E-state index contributed by atoms with van der Waals surface area (Å²) >= 11 is 2.40. The van der Waals surface area contributed by atoms with Crippen LogP contribution in [0.5, 0.6) is 5.75 Å². The van der Waals surface area contributed by atoms with Crippen LogP contribution in [0.4, 0.5) is 0 Å². The molecule has 0 spiro atoms. The summed E-state index contributed by atoms with van der Waals surface area (Å²) in [5.41, 5.74) is 3.39. The molecule has 2 rings (SSSR count). The van der Waals surface area contributed by atoms with E-state index in [1.165, 1.54) is 5.56 Å². The van der Waals surface area contributed by atoms with Crippen molar-refractivity contribution < 1.29 is 4.74 Å². The standard InChI is InChI=1S/C13H14INO/c1-9-12(14)7-8-13(15-9)10-3-5-11(16-2)6-4-10/h3-6,8,12,15H,1,7H2,2H3. The molecule has 84 valence electrons. The second-order valence-corrected chi connectivity index (χ2v) is 5.20. The summed E-state index contributed by atoms with van der Waals surface area (Å²) in [5, 5.41) is 3.34. The molecule has 1 N–H and O–H groups in total. The normalized spacial score (nSPS) is 20.0. The number of methoxy groups -OCH3 is 1. The molecule has 0 bridgehead atoms. The van der Waals surface area contributed by atoms with Gasteiger partial charge in [0.25, 0.3) is 0 Å². The molecule has 1 aromatic carbocycles. The Kier molecular flexibility index (Phi) is 3.53. The second-order valence-electron chi connectivity index (χ2n) is 3.70. The van der Waals surface area contributed by atoms with Gasteiger partial charge in [0.2, 0.25) is 0 Å². The monoisotopic (exact) mass is 327 g/mol. The average molecular weight is 327 g/mol. The van der Waals surface area contributed by atoms with Crippen molar-refractivity contribution in [1.29, 1.82) is 0 Å². The van der Waals surface area contributed by atoms with Crippen molar-refractivity contribution in [3.8, 4) is 5.75 Å². The molecule has 0 aliphatic carbocycles. The summed E-state index contributed by atoms with van der Waals surface area (Å²) < 4.78 is 5.62. The first kappa shape index (κ1) is 11.5. The topological polar surface area (TPSA) is 21.3 Å². The smallest absolute Gasteiger partial charge is 0.118 e. The number of allylic oxidation sites excluding steroid dienone is 2. The highest BCUT2D eigenvalue weighted by molar-refractivity contribution is 14.1. The van der Waals surface area contributed by atoms with Crippen molar-refractivity contribution in [2.45, 2.75) is 10.3 Å². The molecule has 1 heterocycles. The third kappa shape index (κ3) is 2.40. The number of rotatable bonds is 2. The van der Waals surface area contributed by atoms with Gasteiger partial charge in [-0.1, -0.05) is 35.2 Å². The van der Waals surface area contributed by atoms with Crippen LogP contribution in [-0.2, 0) is 0 Å². The fraction of sp³-hybridized carbons (Fsp3) is 0.231. The van der Waals surface area contributed by atoms with Crippen molar-refractivity contribution in [2.24, 2.45) is 0 Å². The molecule has 3 heteroatoms. The highest BCUT2D eigenvalue weighted by Crippen LogP contribution is 2.26. The number of alkyl halides is 1. The van der Waals surface area contributed by atoms with Gasteiger partial charge in [-0.25, -0.2) is 0 Å². The van der Waals surface area contributed by atoms with E-state index in [1.54, 1.807) is 7.11 Å². The first-order valence-corrected chi connectivity index (χ1v) is 6.39. The number of ether oxygens (including phenoxy) is 1. The van der Waals surface area contributed by atoms with Crippen molar-refractivity contribution in [1.82, 2.24) is 5.32 Å². The van der Waals surface area contributed by atoms with Gasteiger partial charge in [0.05, 0.1) is 11.0 Å². The van der Waals surface area contributed by atoms with Crippen LogP contribution in [0.3, 0.4) is 0 Å². The Hall–Kier alpha value is -0.970. The number of hydrogen-bond donors (Lipinski definition) is 1. The van der Waals surface area contributed by atoms with Crippen LogP contribution < -0.4 is 10.1 Å². The Morgan fingerprint density at radius 1 is 1.38 bits per heavy atom. The Morgan fingerprint density at radius 2 is 2.06 bits per heavy atom. The maximum atomic E-state index is 5.14. The molecule has 1 aliphatic rings. The molecule has 0 saturated heterocycles. The fourth-order valence-electron chi connectivity index (χ4n) is 1.63. The lowest BCUT2D eigenvalue weighted by molar-refractivity contribution is 0.415. The molecule has 0 fully saturated rings. The predicted octanol–water partition coefficient (Wildman–Crippen LogP) is 3.35. The highest BCUT2D eigenvalue weighted by atomic mass is 127. The summed E-state index contributed by atoms with van der Waals surface area (Å²) in [4.78, 5) is 0. The first-order chi connectivity index (χ1) is 7.70. The van der Waals surface area contributed by atoms with E-state index in [9.17, 15) is 0 Å². The molecule has 0 saturated carbocycles. The zero-order valence-electron chi connectivity index (χ0n) is 9.16. The predicted molar refractivity (Wildman–Crippen MR) is 75.7 cm³/mol. The summed E-state index contributed by atoms with van der Waals surface area (Å²) in [6.07, 6.45) is 3.25. The average Bonchev–Trinajstić information content (AvgIpc) is 2.33. The maximum absolute atomic E-state index is 5.14. The minimum atomic E-state index is 0.486. The van der Waals surface area contributed by atoms with E-state index in [0.29, 0.717) is 3.92 Å². The Bertz CT molecular complexity index is 422. The lowest BCUT2D eigenvalue weighted by Gasteiger charge is -2.22. The number of benzene rings is 1. The van der Waals surface area contributed by atoms with Crippen molar-refractivity contribution >= 4 is 28.3 Å². The molecular weight excluding hydrogens is 313 g/mol. The van der Waals surface area contributed by atoms with Gasteiger partial charge in [-0.05, 0) is 36.2 Å². The SMILES string of the molecule is C=C1NC(c2ccc(OC)cc2)=CCC1I. The van der Waals surface area contributed by atoms with E-state index in [2.05, 4.69) is 52.7 Å². The zero-order valence-corrected chi connectivity index (χ0v) is 11.3. The maximum Gasteiger partial charge on any atom is 0.118 e. The lowest BCUT2D eigenvalue weighted by Crippen LogP contribution is -2.22. The van der Waals surface area contributed by atoms with E-state index in [1.807, 2.05) is 12.1 Å². The second kappa shape index (κ2) is 4.91. The fourth-order valence-corrected chi connectivity index (χ4v) is 2.04. The van der Waals surface area contributed by atoms with E-state index in [4.69, 9.17) is 4.74 Å². The van der Waals surface area contributed by atoms with Crippen LogP contribution in [-0.4, -0.2) is 11.0 Å². The van der Waals surface area contributed by atoms with Crippen LogP contribution in [0, 0.1) is 0 Å². The molecule has 1 unspecified atom stereocenters. The quantitative estimate of drug-likeness (QED) is 0.664. The zero-order chi connectivity index (χ0) is 11.5. The summed E-state index contributed by atoms with van der Waals surface area (Å²) in [7, 11) is 1.68. The number of nitrogens with one attached hydrogen (secondary N) is 1.